The van der Waals surface area contributed by atoms with Gasteiger partial charge < -0.3 is 9.47 Å². The van der Waals surface area contributed by atoms with Gasteiger partial charge in [-0.15, -0.1) is 0 Å². The number of fused-ring (bicyclic) bond motifs is 2. The standard InChI is InChI=1S/C35H46O4/c1-19(2)25-13-11-23(17-27(25)21(5)6)38-33(36)31-29-15-16-30(35(29,9)10)32(31)34(37)39-24-12-14-26(20(3)4)28(18-24)22(7)8/h11-22,29-32H,1-10H3. The molecule has 39 heavy (non-hydrogen) atoms. The van der Waals surface area contributed by atoms with Crippen LogP contribution in [0.15, 0.2) is 48.6 Å². The summed E-state index contributed by atoms with van der Waals surface area (Å²) in [4.78, 5) is 27.5. The van der Waals surface area contributed by atoms with Gasteiger partial charge in [0.05, 0.1) is 11.8 Å². The van der Waals surface area contributed by atoms with Gasteiger partial charge in [-0.3, -0.25) is 9.59 Å². The second kappa shape index (κ2) is 10.9. The van der Waals surface area contributed by atoms with Crippen LogP contribution in [0.5, 0.6) is 11.5 Å². The van der Waals surface area contributed by atoms with Gasteiger partial charge in [0.2, 0.25) is 0 Å². The second-order valence-electron chi connectivity index (χ2n) is 13.4. The van der Waals surface area contributed by atoms with Gasteiger partial charge in [0.15, 0.2) is 0 Å². The molecule has 2 bridgehead atoms. The summed E-state index contributed by atoms with van der Waals surface area (Å²) >= 11 is 0. The fourth-order valence-corrected chi connectivity index (χ4v) is 6.81. The second-order valence-corrected chi connectivity index (χ2v) is 13.4. The maximum atomic E-state index is 13.8. The minimum atomic E-state index is -0.589. The van der Waals surface area contributed by atoms with Gasteiger partial charge in [-0.1, -0.05) is 93.5 Å². The van der Waals surface area contributed by atoms with Gasteiger partial charge in [-0.25, -0.2) is 0 Å². The first-order valence-corrected chi connectivity index (χ1v) is 14.6. The van der Waals surface area contributed by atoms with Crippen LogP contribution < -0.4 is 9.47 Å². The molecular formula is C35H46O4. The molecule has 0 N–H and O–H groups in total. The van der Waals surface area contributed by atoms with Crippen LogP contribution in [-0.4, -0.2) is 11.9 Å². The lowest BCUT2D eigenvalue weighted by Crippen LogP contribution is -2.37. The molecule has 4 heteroatoms. The van der Waals surface area contributed by atoms with E-state index in [1.54, 1.807) is 0 Å². The molecule has 4 rings (SSSR count). The quantitative estimate of drug-likeness (QED) is 0.194. The first-order valence-electron chi connectivity index (χ1n) is 14.6. The summed E-state index contributed by atoms with van der Waals surface area (Å²) in [5.74, 6) is 0.413. The number of esters is 2. The van der Waals surface area contributed by atoms with Crippen LogP contribution in [-0.2, 0) is 9.59 Å². The number of hydrogen-bond donors (Lipinski definition) is 0. The third kappa shape index (κ3) is 5.44. The van der Waals surface area contributed by atoms with Crippen molar-refractivity contribution in [1.29, 1.82) is 0 Å². The Kier molecular flexibility index (Phi) is 8.17. The van der Waals surface area contributed by atoms with Crippen LogP contribution in [0.4, 0.5) is 0 Å². The fourth-order valence-electron chi connectivity index (χ4n) is 6.81. The molecule has 4 nitrogen and oxygen atoms in total. The predicted molar refractivity (Wildman–Crippen MR) is 157 cm³/mol. The number of carbonyl (C=O) groups excluding carboxylic acids is 2. The Morgan fingerprint density at radius 3 is 1.23 bits per heavy atom. The molecule has 0 saturated heterocycles. The molecule has 0 aliphatic heterocycles. The lowest BCUT2D eigenvalue weighted by molar-refractivity contribution is -0.151. The summed E-state index contributed by atoms with van der Waals surface area (Å²) in [6, 6.07) is 11.9. The Hall–Kier alpha value is -2.88. The van der Waals surface area contributed by atoms with Crippen molar-refractivity contribution in [2.45, 2.75) is 92.9 Å². The highest BCUT2D eigenvalue weighted by atomic mass is 16.5. The van der Waals surface area contributed by atoms with Crippen molar-refractivity contribution >= 4 is 11.9 Å². The number of allylic oxidation sites excluding steroid dienone is 2. The average molecular weight is 531 g/mol. The molecule has 2 aromatic rings. The Labute approximate surface area is 235 Å². The van der Waals surface area contributed by atoms with Crippen LogP contribution in [0.25, 0.3) is 0 Å². The predicted octanol–water partition coefficient (Wildman–Crippen LogP) is 8.77. The van der Waals surface area contributed by atoms with Crippen LogP contribution in [0.2, 0.25) is 0 Å². The zero-order valence-electron chi connectivity index (χ0n) is 25.4. The van der Waals surface area contributed by atoms with E-state index < -0.39 is 11.8 Å². The van der Waals surface area contributed by atoms with Crippen molar-refractivity contribution in [2.24, 2.45) is 29.1 Å². The van der Waals surface area contributed by atoms with Gasteiger partial charge in [-0.05, 0) is 87.4 Å². The van der Waals surface area contributed by atoms with Crippen LogP contribution in [0.3, 0.4) is 0 Å². The number of benzene rings is 2. The molecule has 2 aliphatic carbocycles. The van der Waals surface area contributed by atoms with E-state index in [1.165, 1.54) is 22.3 Å². The molecule has 2 aliphatic rings. The summed E-state index contributed by atoms with van der Waals surface area (Å²) in [5, 5.41) is 0. The van der Waals surface area contributed by atoms with E-state index >= 15 is 0 Å². The van der Waals surface area contributed by atoms with Crippen molar-refractivity contribution in [3.63, 3.8) is 0 Å². The largest absolute Gasteiger partial charge is 0.426 e. The van der Waals surface area contributed by atoms with E-state index in [4.69, 9.17) is 9.47 Å². The zero-order valence-corrected chi connectivity index (χ0v) is 25.4. The Morgan fingerprint density at radius 2 is 0.923 bits per heavy atom. The van der Waals surface area contributed by atoms with E-state index in [9.17, 15) is 9.59 Å². The van der Waals surface area contributed by atoms with E-state index in [0.717, 1.165) is 0 Å². The highest BCUT2D eigenvalue weighted by molar-refractivity contribution is 5.87. The Balaban J connectivity index is 1.61. The topological polar surface area (TPSA) is 52.6 Å². The molecule has 1 saturated carbocycles. The molecule has 210 valence electrons. The smallest absolute Gasteiger partial charge is 0.315 e. The van der Waals surface area contributed by atoms with Crippen LogP contribution >= 0.6 is 0 Å². The third-order valence-corrected chi connectivity index (χ3v) is 8.99. The first-order chi connectivity index (χ1) is 18.2. The number of hydrogen-bond acceptors (Lipinski definition) is 4. The first kappa shape index (κ1) is 29.1. The zero-order chi connectivity index (χ0) is 28.8. The molecule has 4 unspecified atom stereocenters. The summed E-state index contributed by atoms with van der Waals surface area (Å²) < 4.78 is 12.0. The summed E-state index contributed by atoms with van der Waals surface area (Å²) in [6.07, 6.45) is 4.19. The SMILES string of the molecule is CC(C)c1ccc(OC(=O)C2C(C(=O)Oc3ccc(C(C)C)c(C(C)C)c3)C3C=CC2C3(C)C)cc1C(C)C. The maximum absolute atomic E-state index is 13.8. The van der Waals surface area contributed by atoms with Crippen LogP contribution in [0, 0.1) is 29.1 Å². The van der Waals surface area contributed by atoms with Crippen molar-refractivity contribution in [1.82, 2.24) is 0 Å². The van der Waals surface area contributed by atoms with Crippen molar-refractivity contribution < 1.29 is 19.1 Å². The summed E-state index contributed by atoms with van der Waals surface area (Å²) in [6.45, 7) is 21.6. The summed E-state index contributed by atoms with van der Waals surface area (Å²) in [7, 11) is 0. The van der Waals surface area contributed by atoms with Gasteiger partial charge in [0, 0.05) is 0 Å². The summed E-state index contributed by atoms with van der Waals surface area (Å²) in [5.41, 5.74) is 4.66. The van der Waals surface area contributed by atoms with Gasteiger partial charge in [0.1, 0.15) is 11.5 Å². The average Bonchev–Trinajstić information content (AvgIpc) is 3.28. The molecule has 1 fully saturated rings. The fraction of sp³-hybridized carbons (Fsp3) is 0.543. The Morgan fingerprint density at radius 1 is 0.590 bits per heavy atom. The van der Waals surface area contributed by atoms with E-state index in [0.29, 0.717) is 35.2 Å². The molecule has 4 atom stereocenters. The molecule has 0 amide bonds. The van der Waals surface area contributed by atoms with Gasteiger partial charge in [-0.2, -0.15) is 0 Å². The van der Waals surface area contributed by atoms with E-state index in [1.807, 2.05) is 24.3 Å². The maximum Gasteiger partial charge on any atom is 0.315 e. The third-order valence-electron chi connectivity index (χ3n) is 8.99. The molecule has 0 heterocycles. The van der Waals surface area contributed by atoms with E-state index in [2.05, 4.69) is 93.5 Å². The lowest BCUT2D eigenvalue weighted by Gasteiger charge is -2.25. The normalized spacial score (nSPS) is 23.3. The van der Waals surface area contributed by atoms with Crippen molar-refractivity contribution in [2.75, 3.05) is 0 Å². The Bertz CT molecular complexity index is 1170. The molecule has 0 spiro atoms. The number of ether oxygens (including phenoxy) is 2. The van der Waals surface area contributed by atoms with Crippen molar-refractivity contribution in [3.05, 3.63) is 70.8 Å². The van der Waals surface area contributed by atoms with Gasteiger partial charge in [0.25, 0.3) is 0 Å². The minimum Gasteiger partial charge on any atom is -0.426 e. The molecule has 0 aromatic heterocycles. The van der Waals surface area contributed by atoms with Crippen molar-refractivity contribution in [3.8, 4) is 11.5 Å². The number of carbonyl (C=O) groups is 2. The molecular weight excluding hydrogens is 484 g/mol. The highest BCUT2D eigenvalue weighted by Crippen LogP contribution is 2.60. The highest BCUT2D eigenvalue weighted by Gasteiger charge is 2.62. The lowest BCUT2D eigenvalue weighted by atomic mass is 9.79. The molecule has 0 radical (unpaired) electrons. The number of rotatable bonds is 8. The monoisotopic (exact) mass is 530 g/mol. The minimum absolute atomic E-state index is 0.0819. The molecule has 2 aromatic carbocycles. The van der Waals surface area contributed by atoms with E-state index in [-0.39, 0.29) is 29.2 Å². The van der Waals surface area contributed by atoms with Crippen LogP contribution in [0.1, 0.15) is 115 Å². The van der Waals surface area contributed by atoms with Gasteiger partial charge >= 0.3 is 11.9 Å².